The van der Waals surface area contributed by atoms with Crippen LogP contribution in [0.5, 0.6) is 5.75 Å². The average molecular weight is 387 g/mol. The van der Waals surface area contributed by atoms with Gasteiger partial charge in [-0.25, -0.2) is 0 Å². The summed E-state index contributed by atoms with van der Waals surface area (Å²) in [5.74, 6) is 0.0546. The number of nitrogens with zero attached hydrogens (tertiary/aromatic N) is 2. The van der Waals surface area contributed by atoms with E-state index in [1.807, 2.05) is 43.3 Å². The average Bonchev–Trinajstić information content (AvgIpc) is 3.19. The molecule has 1 aliphatic heterocycles. The van der Waals surface area contributed by atoms with E-state index in [0.717, 1.165) is 17.7 Å². The number of ether oxygens (including phenoxy) is 1. The maximum atomic E-state index is 13.0. The highest BCUT2D eigenvalue weighted by atomic mass is 16.5. The lowest BCUT2D eigenvalue weighted by molar-refractivity contribution is 0.0989. The van der Waals surface area contributed by atoms with Gasteiger partial charge in [-0.2, -0.15) is 0 Å². The van der Waals surface area contributed by atoms with Crippen LogP contribution in [0.15, 0.2) is 66.9 Å². The monoisotopic (exact) mass is 387 g/mol. The summed E-state index contributed by atoms with van der Waals surface area (Å²) >= 11 is 0. The predicted octanol–water partition coefficient (Wildman–Crippen LogP) is 3.94. The summed E-state index contributed by atoms with van der Waals surface area (Å²) in [5.41, 5.74) is 3.24. The molecule has 0 aliphatic carbocycles. The normalized spacial score (nSPS) is 12.4. The summed E-state index contributed by atoms with van der Waals surface area (Å²) in [7, 11) is 0. The van der Waals surface area contributed by atoms with E-state index in [1.54, 1.807) is 23.1 Å². The number of hydrogen-bond donors (Lipinski definition) is 1. The summed E-state index contributed by atoms with van der Waals surface area (Å²) < 4.78 is 5.54. The van der Waals surface area contributed by atoms with Crippen LogP contribution >= 0.6 is 0 Å². The van der Waals surface area contributed by atoms with E-state index in [1.165, 1.54) is 12.3 Å². The molecule has 0 saturated heterocycles. The summed E-state index contributed by atoms with van der Waals surface area (Å²) in [6.07, 6.45) is 2.31. The second-order valence-corrected chi connectivity index (χ2v) is 6.65. The SMILES string of the molecule is CCOc1ccccc1NC(=O)c1cc(C(=O)N2CCc3ccccc32)ccn1. The quantitative estimate of drug-likeness (QED) is 0.720. The number of pyridine rings is 1. The Morgan fingerprint density at radius 2 is 1.90 bits per heavy atom. The Morgan fingerprint density at radius 3 is 2.76 bits per heavy atom. The summed E-state index contributed by atoms with van der Waals surface area (Å²) in [4.78, 5) is 31.6. The molecule has 146 valence electrons. The Balaban J connectivity index is 1.55. The number of aromatic nitrogens is 1. The number of carbonyl (C=O) groups excluding carboxylic acids is 2. The fourth-order valence-electron chi connectivity index (χ4n) is 3.43. The fourth-order valence-corrected chi connectivity index (χ4v) is 3.43. The van der Waals surface area contributed by atoms with Gasteiger partial charge in [0.15, 0.2) is 0 Å². The standard InChI is InChI=1S/C23H21N3O3/c1-2-29-21-10-6-4-8-18(21)25-22(27)19-15-17(11-13-24-19)23(28)26-14-12-16-7-3-5-9-20(16)26/h3-11,13,15H,2,12,14H2,1H3,(H,25,27). The van der Waals surface area contributed by atoms with Gasteiger partial charge in [0.05, 0.1) is 12.3 Å². The Morgan fingerprint density at radius 1 is 1.10 bits per heavy atom. The molecule has 4 rings (SSSR count). The van der Waals surface area contributed by atoms with Crippen molar-refractivity contribution in [3.63, 3.8) is 0 Å². The van der Waals surface area contributed by atoms with Crippen molar-refractivity contribution in [2.24, 2.45) is 0 Å². The highest BCUT2D eigenvalue weighted by molar-refractivity contribution is 6.09. The molecule has 2 heterocycles. The molecular formula is C23H21N3O3. The van der Waals surface area contributed by atoms with Crippen molar-refractivity contribution in [1.82, 2.24) is 4.98 Å². The number of hydrogen-bond acceptors (Lipinski definition) is 4. The molecule has 0 saturated carbocycles. The van der Waals surface area contributed by atoms with Crippen molar-refractivity contribution in [2.45, 2.75) is 13.3 Å². The molecule has 0 bridgehead atoms. The van der Waals surface area contributed by atoms with Crippen molar-refractivity contribution >= 4 is 23.2 Å². The Labute approximate surface area is 169 Å². The third-order valence-corrected chi connectivity index (χ3v) is 4.81. The molecule has 3 aromatic rings. The van der Waals surface area contributed by atoms with Crippen LogP contribution in [0, 0.1) is 0 Å². The first-order valence-corrected chi connectivity index (χ1v) is 9.56. The van der Waals surface area contributed by atoms with Gasteiger partial charge in [0.1, 0.15) is 11.4 Å². The minimum absolute atomic E-state index is 0.138. The van der Waals surface area contributed by atoms with E-state index in [2.05, 4.69) is 10.3 Å². The summed E-state index contributed by atoms with van der Waals surface area (Å²) in [6, 6.07) is 18.2. The van der Waals surface area contributed by atoms with Gasteiger partial charge < -0.3 is 15.0 Å². The molecule has 6 heteroatoms. The van der Waals surface area contributed by atoms with Crippen molar-refractivity contribution in [2.75, 3.05) is 23.4 Å². The number of benzene rings is 2. The maximum absolute atomic E-state index is 13.0. The van der Waals surface area contributed by atoms with Crippen molar-refractivity contribution in [1.29, 1.82) is 0 Å². The van der Waals surface area contributed by atoms with Crippen LogP contribution in [0.25, 0.3) is 0 Å². The van der Waals surface area contributed by atoms with Gasteiger partial charge >= 0.3 is 0 Å². The van der Waals surface area contributed by atoms with Gasteiger partial charge in [0.25, 0.3) is 11.8 Å². The predicted molar refractivity (Wildman–Crippen MR) is 112 cm³/mol. The summed E-state index contributed by atoms with van der Waals surface area (Å²) in [6.45, 7) is 3.00. The van der Waals surface area contributed by atoms with E-state index in [4.69, 9.17) is 4.74 Å². The number of anilines is 2. The molecule has 6 nitrogen and oxygen atoms in total. The van der Waals surface area contributed by atoms with Gasteiger partial charge in [-0.05, 0) is 49.2 Å². The molecule has 0 spiro atoms. The molecule has 0 fully saturated rings. The Hall–Kier alpha value is -3.67. The lowest BCUT2D eigenvalue weighted by Gasteiger charge is -2.17. The van der Waals surface area contributed by atoms with Crippen LogP contribution in [-0.2, 0) is 6.42 Å². The maximum Gasteiger partial charge on any atom is 0.274 e. The minimum atomic E-state index is -0.395. The van der Waals surface area contributed by atoms with Crippen LogP contribution in [-0.4, -0.2) is 29.9 Å². The largest absolute Gasteiger partial charge is 0.492 e. The second kappa shape index (κ2) is 8.14. The van der Waals surface area contributed by atoms with Gasteiger partial charge in [-0.1, -0.05) is 30.3 Å². The summed E-state index contributed by atoms with van der Waals surface area (Å²) in [5, 5.41) is 2.81. The topological polar surface area (TPSA) is 71.5 Å². The molecular weight excluding hydrogens is 366 g/mol. The Bertz CT molecular complexity index is 1060. The van der Waals surface area contributed by atoms with Gasteiger partial charge in [-0.15, -0.1) is 0 Å². The highest BCUT2D eigenvalue weighted by Gasteiger charge is 2.25. The smallest absolute Gasteiger partial charge is 0.274 e. The fraction of sp³-hybridized carbons (Fsp3) is 0.174. The van der Waals surface area contributed by atoms with E-state index in [-0.39, 0.29) is 11.6 Å². The zero-order valence-electron chi connectivity index (χ0n) is 16.1. The number of amides is 2. The number of nitrogens with one attached hydrogen (secondary N) is 1. The number of para-hydroxylation sites is 3. The number of carbonyl (C=O) groups is 2. The lowest BCUT2D eigenvalue weighted by atomic mass is 10.1. The van der Waals surface area contributed by atoms with Crippen LogP contribution in [0.3, 0.4) is 0 Å². The second-order valence-electron chi connectivity index (χ2n) is 6.65. The molecule has 1 aliphatic rings. The number of rotatable bonds is 5. The molecule has 1 N–H and O–H groups in total. The zero-order chi connectivity index (χ0) is 20.2. The van der Waals surface area contributed by atoms with E-state index in [9.17, 15) is 9.59 Å². The van der Waals surface area contributed by atoms with E-state index < -0.39 is 5.91 Å². The molecule has 29 heavy (non-hydrogen) atoms. The molecule has 2 amide bonds. The van der Waals surface area contributed by atoms with Gasteiger partial charge in [0, 0.05) is 24.0 Å². The third-order valence-electron chi connectivity index (χ3n) is 4.81. The number of fused-ring (bicyclic) bond motifs is 1. The molecule has 0 unspecified atom stereocenters. The van der Waals surface area contributed by atoms with Crippen LogP contribution in [0.2, 0.25) is 0 Å². The molecule has 0 atom stereocenters. The molecule has 0 radical (unpaired) electrons. The first-order valence-electron chi connectivity index (χ1n) is 9.56. The van der Waals surface area contributed by atoms with E-state index >= 15 is 0 Å². The minimum Gasteiger partial charge on any atom is -0.492 e. The van der Waals surface area contributed by atoms with Crippen molar-refractivity contribution in [3.05, 3.63) is 83.7 Å². The van der Waals surface area contributed by atoms with Gasteiger partial charge in [0.2, 0.25) is 0 Å². The van der Waals surface area contributed by atoms with Crippen molar-refractivity contribution < 1.29 is 14.3 Å². The highest BCUT2D eigenvalue weighted by Crippen LogP contribution is 2.29. The zero-order valence-corrected chi connectivity index (χ0v) is 16.1. The van der Waals surface area contributed by atoms with Crippen LogP contribution < -0.4 is 15.0 Å². The van der Waals surface area contributed by atoms with Crippen LogP contribution in [0.1, 0.15) is 33.3 Å². The first-order chi connectivity index (χ1) is 14.2. The third kappa shape index (κ3) is 3.82. The van der Waals surface area contributed by atoms with Crippen molar-refractivity contribution in [3.8, 4) is 5.75 Å². The van der Waals surface area contributed by atoms with E-state index in [0.29, 0.717) is 30.2 Å². The first kappa shape index (κ1) is 18.7. The molecule has 2 aromatic carbocycles. The lowest BCUT2D eigenvalue weighted by Crippen LogP contribution is -2.29. The van der Waals surface area contributed by atoms with Crippen LogP contribution in [0.4, 0.5) is 11.4 Å². The molecule has 1 aromatic heterocycles. The van der Waals surface area contributed by atoms with Gasteiger partial charge in [-0.3, -0.25) is 14.6 Å². The Kier molecular flexibility index (Phi) is 5.24.